The highest BCUT2D eigenvalue weighted by Crippen LogP contribution is 2.27. The quantitative estimate of drug-likeness (QED) is 0.240. The first-order chi connectivity index (χ1) is 14.1. The molecule has 6 heteroatoms. The molecule has 0 heterocycles. The molecule has 0 spiro atoms. The lowest BCUT2D eigenvalue weighted by molar-refractivity contribution is -0.136. The lowest BCUT2D eigenvalue weighted by atomic mass is 9.97. The Kier molecular flexibility index (Phi) is 4.99. The van der Waals surface area contributed by atoms with Gasteiger partial charge in [0, 0.05) is 11.3 Å². The van der Waals surface area contributed by atoms with Gasteiger partial charge in [0.25, 0.3) is 0 Å². The molecular weight excluding hydrogens is 369 g/mol. The molecule has 4 aromatic rings. The highest BCUT2D eigenvalue weighted by Gasteiger charge is 2.13. The van der Waals surface area contributed by atoms with Gasteiger partial charge in [-0.2, -0.15) is 5.10 Å². The fraction of sp³-hybridized carbons (Fsp3) is 0. The number of amides is 2. The summed E-state index contributed by atoms with van der Waals surface area (Å²) in [6.45, 7) is 0. The summed E-state index contributed by atoms with van der Waals surface area (Å²) in [5, 5.41) is 10.4. The van der Waals surface area contributed by atoms with E-state index >= 15 is 0 Å². The predicted octanol–water partition coefficient (Wildman–Crippen LogP) is 4.22. The summed E-state index contributed by atoms with van der Waals surface area (Å²) in [4.78, 5) is 24.0. The van der Waals surface area contributed by atoms with E-state index in [1.807, 2.05) is 48.5 Å². The molecule has 4 aromatic carbocycles. The minimum atomic E-state index is -0.921. The monoisotopic (exact) mass is 385 g/mol. The largest absolute Gasteiger partial charge is 0.329 e. The number of nitrogens with one attached hydrogen (secondary N) is 2. The summed E-state index contributed by atoms with van der Waals surface area (Å²) < 4.78 is 12.9. The minimum absolute atomic E-state index is 0.315. The fourth-order valence-electron chi connectivity index (χ4n) is 3.12. The van der Waals surface area contributed by atoms with Crippen molar-refractivity contribution in [1.82, 2.24) is 5.43 Å². The molecule has 2 N–H and O–H groups in total. The van der Waals surface area contributed by atoms with E-state index in [1.54, 1.807) is 0 Å². The third-order valence-corrected chi connectivity index (χ3v) is 4.48. The maximum atomic E-state index is 12.9. The first-order valence-electron chi connectivity index (χ1n) is 8.92. The van der Waals surface area contributed by atoms with Crippen LogP contribution in [-0.2, 0) is 9.59 Å². The van der Waals surface area contributed by atoms with E-state index < -0.39 is 17.6 Å². The van der Waals surface area contributed by atoms with Crippen molar-refractivity contribution in [2.45, 2.75) is 0 Å². The molecular formula is C23H16FN3O2. The third kappa shape index (κ3) is 3.96. The van der Waals surface area contributed by atoms with Crippen molar-refractivity contribution in [2.75, 3.05) is 5.32 Å². The van der Waals surface area contributed by atoms with Crippen LogP contribution in [0.25, 0.3) is 21.5 Å². The van der Waals surface area contributed by atoms with Crippen LogP contribution in [0.2, 0.25) is 0 Å². The zero-order valence-electron chi connectivity index (χ0n) is 15.2. The molecule has 0 saturated carbocycles. The van der Waals surface area contributed by atoms with Crippen LogP contribution in [0.1, 0.15) is 5.56 Å². The molecule has 2 amide bonds. The van der Waals surface area contributed by atoms with Crippen molar-refractivity contribution < 1.29 is 14.0 Å². The average Bonchev–Trinajstić information content (AvgIpc) is 2.74. The number of hydrogen-bond donors (Lipinski definition) is 2. The topological polar surface area (TPSA) is 70.6 Å². The Morgan fingerprint density at radius 2 is 1.38 bits per heavy atom. The van der Waals surface area contributed by atoms with Gasteiger partial charge in [-0.25, -0.2) is 9.82 Å². The summed E-state index contributed by atoms with van der Waals surface area (Å²) in [5.41, 5.74) is 3.40. The van der Waals surface area contributed by atoms with Gasteiger partial charge in [0.1, 0.15) is 5.82 Å². The van der Waals surface area contributed by atoms with E-state index in [0.717, 1.165) is 27.1 Å². The molecule has 0 atom stereocenters. The standard InChI is InChI=1S/C23H16FN3O2/c24-17-9-11-18(12-10-17)26-22(28)23(29)27-25-14-21-19-7-3-1-5-15(19)13-16-6-2-4-8-20(16)21/h1-14H,(H,26,28)(H,27,29). The Labute approximate surface area is 165 Å². The fourth-order valence-corrected chi connectivity index (χ4v) is 3.12. The number of halogens is 1. The Morgan fingerprint density at radius 1 is 0.793 bits per heavy atom. The van der Waals surface area contributed by atoms with Gasteiger partial charge in [0.2, 0.25) is 0 Å². The maximum Gasteiger partial charge on any atom is 0.329 e. The van der Waals surface area contributed by atoms with Crippen LogP contribution in [0.5, 0.6) is 0 Å². The van der Waals surface area contributed by atoms with Crippen molar-refractivity contribution in [3.63, 3.8) is 0 Å². The number of carbonyl (C=O) groups excluding carboxylic acids is 2. The van der Waals surface area contributed by atoms with Gasteiger partial charge in [-0.15, -0.1) is 0 Å². The lowest BCUT2D eigenvalue weighted by Gasteiger charge is -2.08. The van der Waals surface area contributed by atoms with E-state index in [4.69, 9.17) is 0 Å². The molecule has 0 radical (unpaired) electrons. The highest BCUT2D eigenvalue weighted by atomic mass is 19.1. The maximum absolute atomic E-state index is 12.9. The Morgan fingerprint density at radius 3 is 2.00 bits per heavy atom. The molecule has 5 nitrogen and oxygen atoms in total. The second-order valence-electron chi connectivity index (χ2n) is 6.39. The number of nitrogens with zero attached hydrogens (tertiary/aromatic N) is 1. The van der Waals surface area contributed by atoms with Crippen LogP contribution in [0.15, 0.2) is 84.0 Å². The Bertz CT molecular complexity index is 1200. The van der Waals surface area contributed by atoms with Crippen LogP contribution in [0, 0.1) is 5.82 Å². The molecule has 0 bridgehead atoms. The number of hydrazone groups is 1. The molecule has 142 valence electrons. The van der Waals surface area contributed by atoms with Crippen LogP contribution < -0.4 is 10.7 Å². The van der Waals surface area contributed by atoms with E-state index in [-0.39, 0.29) is 0 Å². The van der Waals surface area contributed by atoms with Gasteiger partial charge in [-0.1, -0.05) is 48.5 Å². The zero-order chi connectivity index (χ0) is 20.2. The average molecular weight is 385 g/mol. The molecule has 29 heavy (non-hydrogen) atoms. The van der Waals surface area contributed by atoms with E-state index in [0.29, 0.717) is 5.69 Å². The van der Waals surface area contributed by atoms with Crippen LogP contribution >= 0.6 is 0 Å². The smallest absolute Gasteiger partial charge is 0.318 e. The van der Waals surface area contributed by atoms with Crippen molar-refractivity contribution in [3.8, 4) is 0 Å². The van der Waals surface area contributed by atoms with Crippen LogP contribution in [0.3, 0.4) is 0 Å². The first kappa shape index (κ1) is 18.3. The lowest BCUT2D eigenvalue weighted by Crippen LogP contribution is -2.32. The molecule has 0 aliphatic heterocycles. The number of fused-ring (bicyclic) bond motifs is 2. The highest BCUT2D eigenvalue weighted by molar-refractivity contribution is 6.39. The normalized spacial score (nSPS) is 11.1. The molecule has 0 fully saturated rings. The zero-order valence-corrected chi connectivity index (χ0v) is 15.2. The second-order valence-corrected chi connectivity index (χ2v) is 6.39. The summed E-state index contributed by atoms with van der Waals surface area (Å²) in [7, 11) is 0. The molecule has 0 aliphatic rings. The second kappa shape index (κ2) is 7.90. The molecule has 0 saturated heterocycles. The minimum Gasteiger partial charge on any atom is -0.318 e. The van der Waals surface area contributed by atoms with Gasteiger partial charge < -0.3 is 5.32 Å². The van der Waals surface area contributed by atoms with E-state index in [9.17, 15) is 14.0 Å². The first-order valence-corrected chi connectivity index (χ1v) is 8.92. The Balaban J connectivity index is 1.55. The SMILES string of the molecule is O=C(NN=Cc1c2ccccc2cc2ccccc12)C(=O)Nc1ccc(F)cc1. The van der Waals surface area contributed by atoms with Crippen LogP contribution in [0.4, 0.5) is 10.1 Å². The number of benzene rings is 4. The molecule has 0 aromatic heterocycles. The van der Waals surface area contributed by atoms with Crippen molar-refractivity contribution in [3.05, 3.63) is 90.2 Å². The number of hydrogen-bond acceptors (Lipinski definition) is 3. The molecule has 0 aliphatic carbocycles. The summed E-state index contributed by atoms with van der Waals surface area (Å²) in [5.74, 6) is -2.24. The van der Waals surface area contributed by atoms with E-state index in [2.05, 4.69) is 21.9 Å². The van der Waals surface area contributed by atoms with Gasteiger partial charge in [0.15, 0.2) is 0 Å². The van der Waals surface area contributed by atoms with Gasteiger partial charge in [0.05, 0.1) is 6.21 Å². The molecule has 4 rings (SSSR count). The number of carbonyl (C=O) groups is 2. The van der Waals surface area contributed by atoms with Crippen molar-refractivity contribution in [1.29, 1.82) is 0 Å². The van der Waals surface area contributed by atoms with Crippen molar-refractivity contribution >= 4 is 45.3 Å². The third-order valence-electron chi connectivity index (χ3n) is 4.48. The van der Waals surface area contributed by atoms with Crippen molar-refractivity contribution in [2.24, 2.45) is 5.10 Å². The van der Waals surface area contributed by atoms with Gasteiger partial charge in [-0.3, -0.25) is 9.59 Å². The summed E-state index contributed by atoms with van der Waals surface area (Å²) in [6.07, 6.45) is 1.54. The molecule has 0 unspecified atom stereocenters. The Hall–Kier alpha value is -4.06. The number of rotatable bonds is 3. The van der Waals surface area contributed by atoms with E-state index in [1.165, 1.54) is 30.5 Å². The van der Waals surface area contributed by atoms with Gasteiger partial charge in [-0.05, 0) is 51.9 Å². The predicted molar refractivity (Wildman–Crippen MR) is 112 cm³/mol. The number of anilines is 1. The summed E-state index contributed by atoms with van der Waals surface area (Å²) in [6, 6.07) is 23.0. The van der Waals surface area contributed by atoms with Crippen LogP contribution in [-0.4, -0.2) is 18.0 Å². The van der Waals surface area contributed by atoms with Gasteiger partial charge >= 0.3 is 11.8 Å². The summed E-state index contributed by atoms with van der Waals surface area (Å²) >= 11 is 0.